The fourth-order valence-corrected chi connectivity index (χ4v) is 9.89. The zero-order chi connectivity index (χ0) is 44.5. The van der Waals surface area contributed by atoms with Crippen molar-refractivity contribution < 1.29 is 23.1 Å². The summed E-state index contributed by atoms with van der Waals surface area (Å²) in [4.78, 5) is 29.6. The van der Waals surface area contributed by atoms with Crippen molar-refractivity contribution in [2.75, 3.05) is 18.0 Å². The summed E-state index contributed by atoms with van der Waals surface area (Å²) >= 11 is 6.16. The third-order valence-corrected chi connectivity index (χ3v) is 13.4. The van der Waals surface area contributed by atoms with Crippen LogP contribution in [0.15, 0.2) is 54.9 Å². The van der Waals surface area contributed by atoms with E-state index >= 15 is 0 Å². The fraction of sp³-hybridized carbons (Fsp3) is 0.438. The van der Waals surface area contributed by atoms with E-state index in [1.807, 2.05) is 11.0 Å². The lowest BCUT2D eigenvalue weighted by Crippen LogP contribution is -2.40. The van der Waals surface area contributed by atoms with Crippen LogP contribution in [-0.4, -0.2) is 71.7 Å². The zero-order valence-electron chi connectivity index (χ0n) is 35.9. The first kappa shape index (κ1) is 43.0. The number of ether oxygens (including phenoxy) is 1. The van der Waals surface area contributed by atoms with Crippen LogP contribution >= 0.6 is 11.6 Å². The quantitative estimate of drug-likeness (QED) is 0.152. The molecule has 0 radical (unpaired) electrons. The van der Waals surface area contributed by atoms with Crippen molar-refractivity contribution in [1.82, 2.24) is 40.0 Å². The predicted molar refractivity (Wildman–Crippen MR) is 236 cm³/mol. The Morgan fingerprint density at radius 3 is 2.48 bits per heavy atom. The molecule has 0 bridgehead atoms. The molecule has 3 aromatic heterocycles. The molecule has 5 heterocycles. The van der Waals surface area contributed by atoms with E-state index in [0.29, 0.717) is 59.2 Å². The lowest BCUT2D eigenvalue weighted by molar-refractivity contribution is -0.129. The lowest BCUT2D eigenvalue weighted by Gasteiger charge is -2.33. The lowest BCUT2D eigenvalue weighted by atomic mass is 9.86. The number of anilines is 2. The SMILES string of the molecule is CC(=O)N1CCc2c(c(N3CCCc4cc(-c5cnn(C)c5)c(C(F)F)cc43)nn2C2CCC(C#Cc3ccc(C(=O)NC4CCC(Oc5ccc(C#N)c(Cl)c5)CC4)nn3)CC2)C1. The Bertz CT molecular complexity index is 2670. The fourth-order valence-electron chi connectivity index (χ4n) is 9.67. The largest absolute Gasteiger partial charge is 0.490 e. The molecule has 2 amide bonds. The second-order valence-electron chi connectivity index (χ2n) is 17.3. The summed E-state index contributed by atoms with van der Waals surface area (Å²) in [5.41, 5.74) is 6.12. The molecule has 9 rings (SSSR count). The van der Waals surface area contributed by atoms with Crippen LogP contribution in [0.4, 0.5) is 20.3 Å². The van der Waals surface area contributed by atoms with Gasteiger partial charge in [-0.05, 0) is 118 Å². The Hall–Kier alpha value is -6.32. The third-order valence-electron chi connectivity index (χ3n) is 13.1. The zero-order valence-corrected chi connectivity index (χ0v) is 36.6. The molecule has 2 aliphatic heterocycles. The van der Waals surface area contributed by atoms with E-state index < -0.39 is 6.43 Å². The first-order valence-electron chi connectivity index (χ1n) is 22.1. The standard InChI is InChI=1S/C48H49ClF2N10O3/c1-29(62)59-21-19-44-41(28-59)47(60-20-3-4-31-22-39(33-26-53-58(2)27-33)40(46(50)51)24-45(31)60)57-61(44)36-13-6-30(7-14-36)5-9-35-12-18-43(56-55-35)48(63)54-34-10-16-37(17-11-34)64-38-15-8-32(25-52)42(49)23-38/h8,12,15,18,22-24,26-27,30,34,36-37,46H,3-4,6-7,10-11,13-14,16-17,19-21,28H2,1-2H3,(H,54,63). The molecule has 13 nitrogen and oxygen atoms in total. The van der Waals surface area contributed by atoms with Gasteiger partial charge in [-0.15, -0.1) is 10.2 Å². The van der Waals surface area contributed by atoms with Crippen molar-refractivity contribution in [1.29, 1.82) is 5.26 Å². The van der Waals surface area contributed by atoms with Crippen LogP contribution in [0.25, 0.3) is 11.1 Å². The average molecular weight is 887 g/mol. The summed E-state index contributed by atoms with van der Waals surface area (Å²) in [6.45, 7) is 3.25. The summed E-state index contributed by atoms with van der Waals surface area (Å²) in [7, 11) is 1.78. The maximum Gasteiger partial charge on any atom is 0.272 e. The third kappa shape index (κ3) is 9.04. The van der Waals surface area contributed by atoms with Gasteiger partial charge in [0.1, 0.15) is 17.5 Å². The van der Waals surface area contributed by atoms with Gasteiger partial charge >= 0.3 is 0 Å². The topological polar surface area (TPSA) is 147 Å². The average Bonchev–Trinajstić information content (AvgIpc) is 3.92. The number of halogens is 3. The van der Waals surface area contributed by atoms with Gasteiger partial charge in [-0.3, -0.25) is 19.0 Å². The Morgan fingerprint density at radius 2 is 1.80 bits per heavy atom. The molecule has 16 heteroatoms. The number of amides is 2. The molecule has 1 N–H and O–H groups in total. The van der Waals surface area contributed by atoms with Crippen molar-refractivity contribution >= 4 is 34.9 Å². The van der Waals surface area contributed by atoms with Crippen molar-refractivity contribution in [3.63, 3.8) is 0 Å². The van der Waals surface area contributed by atoms with Gasteiger partial charge in [0.2, 0.25) is 5.91 Å². The van der Waals surface area contributed by atoms with Gasteiger partial charge < -0.3 is 19.9 Å². The summed E-state index contributed by atoms with van der Waals surface area (Å²) in [6.07, 6.45) is 9.51. The summed E-state index contributed by atoms with van der Waals surface area (Å²) in [5.74, 6) is 7.84. The maximum atomic E-state index is 14.7. The number of benzene rings is 2. The van der Waals surface area contributed by atoms with E-state index in [2.05, 4.69) is 48.1 Å². The molecule has 5 aromatic rings. The molecule has 2 aliphatic carbocycles. The smallest absolute Gasteiger partial charge is 0.272 e. The number of alkyl halides is 2. The van der Waals surface area contributed by atoms with Crippen LogP contribution in [-0.2, 0) is 31.2 Å². The van der Waals surface area contributed by atoms with Gasteiger partial charge in [0.05, 0.1) is 35.5 Å². The highest BCUT2D eigenvalue weighted by molar-refractivity contribution is 6.31. The molecule has 0 saturated heterocycles. The number of fused-ring (bicyclic) bond motifs is 2. The minimum atomic E-state index is -2.67. The first-order valence-corrected chi connectivity index (χ1v) is 22.5. The van der Waals surface area contributed by atoms with E-state index in [1.54, 1.807) is 67.4 Å². The van der Waals surface area contributed by atoms with Gasteiger partial charge in [0.15, 0.2) is 11.5 Å². The number of rotatable bonds is 8. The molecule has 64 heavy (non-hydrogen) atoms. The molecule has 330 valence electrons. The van der Waals surface area contributed by atoms with Crippen LogP contribution in [0.1, 0.15) is 121 Å². The van der Waals surface area contributed by atoms with Crippen LogP contribution in [0.2, 0.25) is 5.02 Å². The van der Waals surface area contributed by atoms with Crippen LogP contribution in [0, 0.1) is 29.1 Å². The van der Waals surface area contributed by atoms with E-state index in [0.717, 1.165) is 92.5 Å². The summed E-state index contributed by atoms with van der Waals surface area (Å²) in [6, 6.07) is 14.2. The van der Waals surface area contributed by atoms with Crippen molar-refractivity contribution in [3.05, 3.63) is 99.2 Å². The van der Waals surface area contributed by atoms with Gasteiger partial charge in [-0.25, -0.2) is 8.78 Å². The number of carbonyl (C=O) groups is 2. The highest BCUT2D eigenvalue weighted by Gasteiger charge is 2.35. The van der Waals surface area contributed by atoms with E-state index in [-0.39, 0.29) is 47.2 Å². The number of nitrogens with zero attached hydrogens (tertiary/aromatic N) is 9. The van der Waals surface area contributed by atoms with Crippen LogP contribution in [0.5, 0.6) is 5.75 Å². The Labute approximate surface area is 375 Å². The van der Waals surface area contributed by atoms with Crippen molar-refractivity contribution in [2.45, 2.75) is 109 Å². The molecule has 0 spiro atoms. The summed E-state index contributed by atoms with van der Waals surface area (Å²) < 4.78 is 39.3. The molecule has 0 atom stereocenters. The molecule has 2 saturated carbocycles. The number of hydrogen-bond donors (Lipinski definition) is 1. The van der Waals surface area contributed by atoms with Crippen LogP contribution < -0.4 is 15.0 Å². The number of nitriles is 1. The minimum absolute atomic E-state index is 0.000211. The van der Waals surface area contributed by atoms with E-state index in [4.69, 9.17) is 26.7 Å². The second-order valence-corrected chi connectivity index (χ2v) is 17.7. The van der Waals surface area contributed by atoms with Gasteiger partial charge in [-0.1, -0.05) is 17.5 Å². The highest BCUT2D eigenvalue weighted by atomic mass is 35.5. The Balaban J connectivity index is 0.836. The molecule has 4 aliphatic rings. The van der Waals surface area contributed by atoms with Gasteiger partial charge in [0, 0.05) is 85.8 Å². The Morgan fingerprint density at radius 1 is 0.984 bits per heavy atom. The number of carbonyl (C=O) groups excluding carboxylic acids is 2. The monoisotopic (exact) mass is 886 g/mol. The Kier molecular flexibility index (Phi) is 12.4. The van der Waals surface area contributed by atoms with E-state index in [9.17, 15) is 18.4 Å². The van der Waals surface area contributed by atoms with Crippen molar-refractivity contribution in [3.8, 4) is 34.8 Å². The maximum absolute atomic E-state index is 14.7. The first-order chi connectivity index (χ1) is 31.0. The predicted octanol–water partition coefficient (Wildman–Crippen LogP) is 8.43. The number of aryl methyl sites for hydroxylation is 2. The second kappa shape index (κ2) is 18.4. The summed E-state index contributed by atoms with van der Waals surface area (Å²) in [5, 5.41) is 30.5. The van der Waals surface area contributed by atoms with Gasteiger partial charge in [0.25, 0.3) is 12.3 Å². The van der Waals surface area contributed by atoms with Crippen LogP contribution in [0.3, 0.4) is 0 Å². The van der Waals surface area contributed by atoms with E-state index in [1.165, 1.54) is 0 Å². The minimum Gasteiger partial charge on any atom is -0.490 e. The molecule has 0 unspecified atom stereocenters. The van der Waals surface area contributed by atoms with Gasteiger partial charge in [-0.2, -0.15) is 15.5 Å². The number of hydrogen-bond acceptors (Lipinski definition) is 9. The molecule has 2 fully saturated rings. The van der Waals surface area contributed by atoms with Crippen molar-refractivity contribution in [2.24, 2.45) is 13.0 Å². The normalized spacial score (nSPS) is 20.7. The molecular formula is C48H49ClF2N10O3. The number of aromatic nitrogens is 6. The molecular weight excluding hydrogens is 838 g/mol. The number of nitrogens with one attached hydrogen (secondary N) is 1. The molecule has 2 aromatic carbocycles. The highest BCUT2D eigenvalue weighted by Crippen LogP contribution is 2.44.